The quantitative estimate of drug-likeness (QED) is 0.458. The van der Waals surface area contributed by atoms with Gasteiger partial charge >= 0.3 is 0 Å². The van der Waals surface area contributed by atoms with Gasteiger partial charge in [-0.05, 0) is 67.1 Å². The Hall–Kier alpha value is -3.08. The van der Waals surface area contributed by atoms with E-state index in [1.807, 2.05) is 0 Å². The van der Waals surface area contributed by atoms with E-state index in [1.54, 1.807) is 43.3 Å². The van der Waals surface area contributed by atoms with E-state index < -0.39 is 26.0 Å². The summed E-state index contributed by atoms with van der Waals surface area (Å²) in [6, 6.07) is 16.6. The number of benzene rings is 3. The van der Waals surface area contributed by atoms with E-state index in [9.17, 15) is 21.6 Å². The molecule has 0 radical (unpaired) electrons. The van der Waals surface area contributed by atoms with Crippen LogP contribution in [0.1, 0.15) is 15.9 Å². The predicted molar refractivity (Wildman–Crippen MR) is 126 cm³/mol. The summed E-state index contributed by atoms with van der Waals surface area (Å²) in [6.45, 7) is 1.62. The summed E-state index contributed by atoms with van der Waals surface area (Å²) in [5, 5.41) is 3.07. The van der Waals surface area contributed by atoms with Crippen molar-refractivity contribution in [2.75, 3.05) is 21.0 Å². The zero-order valence-corrected chi connectivity index (χ0v) is 19.5. The minimum Gasteiger partial charge on any atom is -0.322 e. The molecule has 32 heavy (non-hydrogen) atoms. The fraction of sp³-hybridized carbons (Fsp3) is 0.0952. The lowest BCUT2D eigenvalue weighted by Crippen LogP contribution is -2.16. The van der Waals surface area contributed by atoms with Crippen LogP contribution in [-0.4, -0.2) is 29.0 Å². The highest BCUT2D eigenvalue weighted by Crippen LogP contribution is 2.23. The summed E-state index contributed by atoms with van der Waals surface area (Å²) < 4.78 is 52.9. The first kappa shape index (κ1) is 23.6. The van der Waals surface area contributed by atoms with Crippen LogP contribution in [0.4, 0.5) is 17.1 Å². The molecular formula is C21H20ClN3O5S2. The van der Waals surface area contributed by atoms with E-state index >= 15 is 0 Å². The average molecular weight is 494 g/mol. The zero-order valence-electron chi connectivity index (χ0n) is 17.1. The molecule has 0 unspecified atom stereocenters. The number of nitrogens with one attached hydrogen (secondary N) is 3. The van der Waals surface area contributed by atoms with Crippen LogP contribution in [0.15, 0.2) is 71.6 Å². The van der Waals surface area contributed by atoms with Crippen LogP contribution in [0.5, 0.6) is 0 Å². The lowest BCUT2D eigenvalue weighted by molar-refractivity contribution is 0.102. The van der Waals surface area contributed by atoms with E-state index in [2.05, 4.69) is 14.8 Å². The molecule has 0 saturated heterocycles. The summed E-state index contributed by atoms with van der Waals surface area (Å²) in [5.74, 6) is -0.465. The Morgan fingerprint density at radius 2 is 1.50 bits per heavy atom. The third-order valence-electron chi connectivity index (χ3n) is 4.37. The van der Waals surface area contributed by atoms with Gasteiger partial charge in [0, 0.05) is 16.3 Å². The van der Waals surface area contributed by atoms with Crippen LogP contribution in [0.25, 0.3) is 0 Å². The molecule has 0 aliphatic rings. The lowest BCUT2D eigenvalue weighted by atomic mass is 10.1. The van der Waals surface area contributed by atoms with Crippen LogP contribution < -0.4 is 14.8 Å². The normalized spacial score (nSPS) is 11.6. The molecule has 0 saturated carbocycles. The molecular weight excluding hydrogens is 474 g/mol. The number of hydrogen-bond donors (Lipinski definition) is 3. The molecule has 3 rings (SSSR count). The maximum absolute atomic E-state index is 12.7. The number of rotatable bonds is 7. The Kier molecular flexibility index (Phi) is 6.77. The summed E-state index contributed by atoms with van der Waals surface area (Å²) >= 11 is 5.88. The summed E-state index contributed by atoms with van der Waals surface area (Å²) in [6.07, 6.45) is 1.02. The molecule has 0 atom stereocenters. The number of amides is 1. The van der Waals surface area contributed by atoms with Crippen LogP contribution in [0.2, 0.25) is 5.02 Å². The number of halogens is 1. The van der Waals surface area contributed by atoms with Crippen LogP contribution >= 0.6 is 11.6 Å². The van der Waals surface area contributed by atoms with Gasteiger partial charge in [-0.3, -0.25) is 14.2 Å². The number of sulfonamides is 2. The van der Waals surface area contributed by atoms with Gasteiger partial charge in [0.25, 0.3) is 15.9 Å². The Bertz CT molecular complexity index is 1370. The standard InChI is InChI=1S/C21H20ClN3O5S2/c1-14-19(7-4-8-20(14)25-31(2,27)28)21(26)23-16-9-11-18(12-10-16)32(29,30)24-17-6-3-5-15(22)13-17/h3-13,24-25H,1-2H3,(H,23,26). The monoisotopic (exact) mass is 493 g/mol. The van der Waals surface area contributed by atoms with Crippen molar-refractivity contribution >= 4 is 54.6 Å². The van der Waals surface area contributed by atoms with Gasteiger partial charge in [0.2, 0.25) is 10.0 Å². The largest absolute Gasteiger partial charge is 0.322 e. The minimum atomic E-state index is -3.84. The van der Waals surface area contributed by atoms with E-state index in [4.69, 9.17) is 11.6 Å². The van der Waals surface area contributed by atoms with Gasteiger partial charge in [-0.2, -0.15) is 0 Å². The summed E-state index contributed by atoms with van der Waals surface area (Å²) in [7, 11) is -7.34. The Balaban J connectivity index is 1.76. The fourth-order valence-electron chi connectivity index (χ4n) is 2.87. The number of carbonyl (C=O) groups is 1. The highest BCUT2D eigenvalue weighted by Gasteiger charge is 2.16. The maximum atomic E-state index is 12.7. The van der Waals surface area contributed by atoms with Crippen molar-refractivity contribution in [2.24, 2.45) is 0 Å². The second-order valence-electron chi connectivity index (χ2n) is 6.95. The van der Waals surface area contributed by atoms with Crippen molar-refractivity contribution < 1.29 is 21.6 Å². The van der Waals surface area contributed by atoms with E-state index in [0.717, 1.165) is 6.26 Å². The molecule has 0 aliphatic heterocycles. The van der Waals surface area contributed by atoms with Crippen molar-refractivity contribution in [2.45, 2.75) is 11.8 Å². The molecule has 0 bridgehead atoms. The molecule has 0 aromatic heterocycles. The van der Waals surface area contributed by atoms with Gasteiger partial charge in [0.15, 0.2) is 0 Å². The van der Waals surface area contributed by atoms with Crippen LogP contribution in [0, 0.1) is 6.92 Å². The molecule has 11 heteroatoms. The average Bonchev–Trinajstić information content (AvgIpc) is 2.68. The smallest absolute Gasteiger partial charge is 0.261 e. The summed E-state index contributed by atoms with van der Waals surface area (Å²) in [4.78, 5) is 12.7. The number of hydrogen-bond acceptors (Lipinski definition) is 5. The topological polar surface area (TPSA) is 121 Å². The van der Waals surface area contributed by atoms with E-state index in [-0.39, 0.29) is 10.5 Å². The maximum Gasteiger partial charge on any atom is 0.261 e. The van der Waals surface area contributed by atoms with Gasteiger partial charge in [0.05, 0.1) is 22.5 Å². The SMILES string of the molecule is Cc1c(NS(C)(=O)=O)cccc1C(=O)Nc1ccc(S(=O)(=O)Nc2cccc(Cl)c2)cc1. The highest BCUT2D eigenvalue weighted by molar-refractivity contribution is 7.92. The second kappa shape index (κ2) is 9.19. The molecule has 0 aliphatic carbocycles. The first-order valence-corrected chi connectivity index (χ1v) is 13.0. The number of carbonyl (C=O) groups excluding carboxylic acids is 1. The van der Waals surface area contributed by atoms with Gasteiger partial charge in [0.1, 0.15) is 0 Å². The molecule has 3 aromatic rings. The van der Waals surface area contributed by atoms with Crippen molar-refractivity contribution in [3.63, 3.8) is 0 Å². The van der Waals surface area contributed by atoms with E-state index in [0.29, 0.717) is 27.6 Å². The predicted octanol–water partition coefficient (Wildman–Crippen LogP) is 4.07. The van der Waals surface area contributed by atoms with Crippen molar-refractivity contribution in [1.29, 1.82) is 0 Å². The van der Waals surface area contributed by atoms with E-state index in [1.165, 1.54) is 30.3 Å². The molecule has 1 amide bonds. The molecule has 0 heterocycles. The van der Waals surface area contributed by atoms with Gasteiger partial charge in [-0.15, -0.1) is 0 Å². The molecule has 3 N–H and O–H groups in total. The number of anilines is 3. The summed E-state index contributed by atoms with van der Waals surface area (Å²) in [5.41, 5.74) is 1.73. The molecule has 168 valence electrons. The zero-order chi connectivity index (χ0) is 23.5. The van der Waals surface area contributed by atoms with Crippen molar-refractivity contribution in [3.8, 4) is 0 Å². The van der Waals surface area contributed by atoms with Crippen molar-refractivity contribution in [3.05, 3.63) is 82.9 Å². The molecule has 3 aromatic carbocycles. The minimum absolute atomic E-state index is 0.00556. The first-order valence-electron chi connectivity index (χ1n) is 9.22. The third-order valence-corrected chi connectivity index (χ3v) is 6.60. The molecule has 0 fully saturated rings. The highest BCUT2D eigenvalue weighted by atomic mass is 35.5. The Morgan fingerprint density at radius 1 is 0.844 bits per heavy atom. The fourth-order valence-corrected chi connectivity index (χ4v) is 4.73. The Morgan fingerprint density at radius 3 is 2.12 bits per heavy atom. The third kappa shape index (κ3) is 6.00. The lowest BCUT2D eigenvalue weighted by Gasteiger charge is -2.13. The first-order chi connectivity index (χ1) is 14.9. The van der Waals surface area contributed by atoms with Gasteiger partial charge < -0.3 is 5.32 Å². The van der Waals surface area contributed by atoms with Gasteiger partial charge in [-0.1, -0.05) is 23.7 Å². The molecule has 0 spiro atoms. The van der Waals surface area contributed by atoms with Crippen LogP contribution in [-0.2, 0) is 20.0 Å². The van der Waals surface area contributed by atoms with Crippen molar-refractivity contribution in [1.82, 2.24) is 0 Å². The van der Waals surface area contributed by atoms with Gasteiger partial charge in [-0.25, -0.2) is 16.8 Å². The van der Waals surface area contributed by atoms with Crippen LogP contribution in [0.3, 0.4) is 0 Å². The Labute approximate surface area is 191 Å². The molecule has 8 nitrogen and oxygen atoms in total. The second-order valence-corrected chi connectivity index (χ2v) is 10.8.